The Hall–Kier alpha value is -4.84. The quantitative estimate of drug-likeness (QED) is 0.160. The smallest absolute Gasteiger partial charge is 0.254 e. The van der Waals surface area contributed by atoms with Crippen molar-refractivity contribution in [3.05, 3.63) is 137 Å². The minimum atomic E-state index is 0.0238. The van der Waals surface area contributed by atoms with Gasteiger partial charge in [0.1, 0.15) is 0 Å². The summed E-state index contributed by atoms with van der Waals surface area (Å²) in [7, 11) is 0. The molecule has 0 N–H and O–H groups in total. The van der Waals surface area contributed by atoms with Crippen LogP contribution in [0.3, 0.4) is 0 Å². The second-order valence-corrected chi connectivity index (χ2v) is 23.7. The first-order chi connectivity index (χ1) is 28.2. The fourth-order valence-corrected chi connectivity index (χ4v) is 12.1. The van der Waals surface area contributed by atoms with E-state index in [0.717, 1.165) is 0 Å². The lowest BCUT2D eigenvalue weighted by atomic mass is 9.33. The molecule has 0 unspecified atom stereocenters. The van der Waals surface area contributed by atoms with Crippen molar-refractivity contribution in [1.29, 1.82) is 0 Å². The van der Waals surface area contributed by atoms with E-state index in [4.69, 9.17) is 0 Å². The van der Waals surface area contributed by atoms with Crippen molar-refractivity contribution in [3.8, 4) is 0 Å². The molecule has 0 aliphatic carbocycles. The monoisotopic (exact) mass is 820 g/mol. The van der Waals surface area contributed by atoms with Crippen LogP contribution in [0.15, 0.2) is 109 Å². The van der Waals surface area contributed by atoms with E-state index in [0.29, 0.717) is 0 Å². The second-order valence-electron chi connectivity index (χ2n) is 21.6. The minimum Gasteiger partial charge on any atom is -0.310 e. The van der Waals surface area contributed by atoms with Gasteiger partial charge in [-0.3, -0.25) is 0 Å². The molecule has 0 radical (unpaired) electrons. The number of nitrogens with zero attached hydrogens (tertiary/aromatic N) is 2. The summed E-state index contributed by atoms with van der Waals surface area (Å²) in [6, 6.07) is 43.2. The van der Waals surface area contributed by atoms with Crippen molar-refractivity contribution >= 4 is 109 Å². The third-order valence-electron chi connectivity index (χ3n) is 13.1. The number of hydrogen-bond donors (Lipinski definition) is 0. The molecule has 2 aromatic heterocycles. The molecule has 0 saturated carbocycles. The third-order valence-corrected chi connectivity index (χ3v) is 15.5. The second kappa shape index (κ2) is 13.1. The van der Waals surface area contributed by atoms with Crippen LogP contribution in [0.1, 0.15) is 111 Å². The van der Waals surface area contributed by atoms with Crippen molar-refractivity contribution < 1.29 is 0 Å². The lowest BCUT2D eigenvalue weighted by Crippen LogP contribution is -2.61. The molecule has 0 spiro atoms. The van der Waals surface area contributed by atoms with Crippen molar-refractivity contribution in [2.45, 2.75) is 112 Å². The number of rotatable bonds is 2. The van der Waals surface area contributed by atoms with Crippen LogP contribution >= 0.6 is 22.7 Å². The molecule has 10 rings (SSSR count). The van der Waals surface area contributed by atoms with Crippen LogP contribution in [0.25, 0.3) is 30.3 Å². The minimum absolute atomic E-state index is 0.0238. The molecule has 60 heavy (non-hydrogen) atoms. The lowest BCUT2D eigenvalue weighted by molar-refractivity contribution is 0.590. The molecular weight excluding hydrogens is 764 g/mol. The Balaban J connectivity index is 1.33. The average Bonchev–Trinajstić information content (AvgIpc) is 3.74. The molecular formula is C55H57BN2S2. The topological polar surface area (TPSA) is 6.48 Å². The molecule has 0 saturated heterocycles. The van der Waals surface area contributed by atoms with Gasteiger partial charge in [0.05, 0.1) is 15.4 Å². The summed E-state index contributed by atoms with van der Waals surface area (Å²) in [4.78, 5) is 5.23. The highest BCUT2D eigenvalue weighted by molar-refractivity contribution is 7.28. The number of anilines is 6. The molecule has 0 amide bonds. The van der Waals surface area contributed by atoms with Gasteiger partial charge in [-0.05, 0) is 133 Å². The van der Waals surface area contributed by atoms with Gasteiger partial charge in [-0.1, -0.05) is 138 Å². The van der Waals surface area contributed by atoms with Gasteiger partial charge < -0.3 is 9.80 Å². The lowest BCUT2D eigenvalue weighted by Gasteiger charge is -2.43. The van der Waals surface area contributed by atoms with Gasteiger partial charge in [-0.2, -0.15) is 0 Å². The molecule has 2 nitrogen and oxygen atoms in total. The molecule has 302 valence electrons. The van der Waals surface area contributed by atoms with Crippen LogP contribution in [-0.2, 0) is 21.7 Å². The average molecular weight is 821 g/mol. The zero-order valence-electron chi connectivity index (χ0n) is 37.7. The Morgan fingerprint density at radius 3 is 1.43 bits per heavy atom. The van der Waals surface area contributed by atoms with Crippen LogP contribution in [-0.4, -0.2) is 6.71 Å². The molecule has 6 aromatic carbocycles. The summed E-state index contributed by atoms with van der Waals surface area (Å²) in [6.45, 7) is 30.2. The van der Waals surface area contributed by atoms with Crippen LogP contribution < -0.4 is 26.2 Å². The first-order valence-electron chi connectivity index (χ1n) is 21.7. The molecule has 5 heteroatoms. The zero-order valence-corrected chi connectivity index (χ0v) is 39.3. The molecule has 0 bridgehead atoms. The Morgan fingerprint density at radius 2 is 0.900 bits per heavy atom. The summed E-state index contributed by atoms with van der Waals surface area (Å²) in [5.74, 6) is 0. The van der Waals surface area contributed by atoms with E-state index in [1.165, 1.54) is 108 Å². The summed E-state index contributed by atoms with van der Waals surface area (Å²) >= 11 is 3.91. The van der Waals surface area contributed by atoms with E-state index in [-0.39, 0.29) is 28.4 Å². The molecule has 2 aliphatic heterocycles. The van der Waals surface area contributed by atoms with E-state index in [2.05, 4.69) is 209 Å². The van der Waals surface area contributed by atoms with E-state index in [9.17, 15) is 0 Å². The standard InChI is InChI=1S/C55H57BN2S2/c1-32-28-43-48-44(29-32)58(38-22-16-34(17-23-38)53(5,6)7)51-47(41-31-36(55(11,12)13)19-27-46(41)60-51)56(48)42-25-24-39-40-30-35(54(8,9)10)18-26-45(40)59-50(39)49(42)57(43)37-20-14-33(15-21-37)52(2,3)4/h14-31H,1-13H3. The zero-order chi connectivity index (χ0) is 42.4. The fourth-order valence-electron chi connectivity index (χ4n) is 9.64. The van der Waals surface area contributed by atoms with Crippen molar-refractivity contribution in [2.75, 3.05) is 9.80 Å². The van der Waals surface area contributed by atoms with Crippen LogP contribution in [0.5, 0.6) is 0 Å². The molecule has 0 atom stereocenters. The van der Waals surface area contributed by atoms with E-state index in [1.807, 2.05) is 22.7 Å². The number of fused-ring (bicyclic) bond motifs is 10. The van der Waals surface area contributed by atoms with Crippen LogP contribution in [0, 0.1) is 6.92 Å². The highest BCUT2D eigenvalue weighted by Gasteiger charge is 2.46. The number of hydrogen-bond acceptors (Lipinski definition) is 4. The molecule has 0 fully saturated rings. The summed E-state index contributed by atoms with van der Waals surface area (Å²) in [5.41, 5.74) is 17.4. The highest BCUT2D eigenvalue weighted by Crippen LogP contribution is 2.51. The summed E-state index contributed by atoms with van der Waals surface area (Å²) in [5, 5.41) is 5.40. The number of benzene rings is 6. The Kier molecular flexibility index (Phi) is 8.57. The highest BCUT2D eigenvalue weighted by atomic mass is 32.1. The van der Waals surface area contributed by atoms with Crippen molar-refractivity contribution in [3.63, 3.8) is 0 Å². The third kappa shape index (κ3) is 6.09. The Morgan fingerprint density at radius 1 is 0.433 bits per heavy atom. The fraction of sp³-hybridized carbons (Fsp3) is 0.309. The predicted molar refractivity (Wildman–Crippen MR) is 268 cm³/mol. The summed E-state index contributed by atoms with van der Waals surface area (Å²) in [6.07, 6.45) is 0. The van der Waals surface area contributed by atoms with Crippen LogP contribution in [0.4, 0.5) is 33.4 Å². The Labute approximate surface area is 366 Å². The van der Waals surface area contributed by atoms with Crippen LogP contribution in [0.2, 0.25) is 0 Å². The van der Waals surface area contributed by atoms with Gasteiger partial charge in [0, 0.05) is 42.9 Å². The normalized spacial score (nSPS) is 14.3. The predicted octanol–water partition coefficient (Wildman–Crippen LogP) is 14.9. The maximum Gasteiger partial charge on any atom is 0.254 e. The largest absolute Gasteiger partial charge is 0.310 e. The first kappa shape index (κ1) is 39.3. The maximum absolute atomic E-state index is 2.63. The van der Waals surface area contributed by atoms with Gasteiger partial charge in [0.15, 0.2) is 0 Å². The molecule has 8 aromatic rings. The maximum atomic E-state index is 2.63. The van der Waals surface area contributed by atoms with Gasteiger partial charge in [0.25, 0.3) is 6.71 Å². The first-order valence-corrected chi connectivity index (χ1v) is 23.3. The van der Waals surface area contributed by atoms with Gasteiger partial charge >= 0.3 is 0 Å². The number of aryl methyl sites for hydroxylation is 1. The van der Waals surface area contributed by atoms with E-state index in [1.54, 1.807) is 0 Å². The van der Waals surface area contributed by atoms with Gasteiger partial charge in [-0.25, -0.2) is 0 Å². The van der Waals surface area contributed by atoms with Crippen molar-refractivity contribution in [1.82, 2.24) is 0 Å². The van der Waals surface area contributed by atoms with E-state index < -0.39 is 0 Å². The van der Waals surface area contributed by atoms with Gasteiger partial charge in [0.2, 0.25) is 0 Å². The Bertz CT molecular complexity index is 3030. The molecule has 4 heterocycles. The van der Waals surface area contributed by atoms with Crippen molar-refractivity contribution in [2.24, 2.45) is 0 Å². The summed E-state index contributed by atoms with van der Waals surface area (Å²) < 4.78 is 4.05. The van der Waals surface area contributed by atoms with Gasteiger partial charge in [-0.15, -0.1) is 22.7 Å². The molecule has 2 aliphatic rings. The SMILES string of the molecule is Cc1cc2c3c(c1)N(c1ccc(C(C)(C)C)cc1)c1c(ccc4c1sc1ccc(C(C)(C)C)cc14)B3c1c(sc3ccc(C(C)(C)C)cc13)N2c1ccc(C(C)(C)C)cc1. The van der Waals surface area contributed by atoms with E-state index >= 15 is 0 Å². The number of thiophene rings is 2.